The topological polar surface area (TPSA) is 66.5 Å². The minimum Gasteiger partial charge on any atom is -0.350 e. The number of amides is 1. The van der Waals surface area contributed by atoms with Crippen LogP contribution in [0.1, 0.15) is 28.4 Å². The lowest BCUT2D eigenvalue weighted by Crippen LogP contribution is -2.38. The number of nitrogens with zero attached hydrogens (tertiary/aromatic N) is 1. The Morgan fingerprint density at radius 2 is 1.84 bits per heavy atom. The van der Waals surface area contributed by atoms with Gasteiger partial charge in [0.2, 0.25) is 10.0 Å². The Hall–Kier alpha value is -2.34. The fourth-order valence-electron chi connectivity index (χ4n) is 2.68. The first-order valence-electron chi connectivity index (χ1n) is 8.23. The highest BCUT2D eigenvalue weighted by Gasteiger charge is 2.19. The number of aryl methyl sites for hydroxylation is 2. The molecule has 0 fully saturated rings. The lowest BCUT2D eigenvalue weighted by Gasteiger charge is -2.25. The van der Waals surface area contributed by atoms with E-state index in [4.69, 9.17) is 0 Å². The van der Waals surface area contributed by atoms with E-state index in [2.05, 4.69) is 5.32 Å². The summed E-state index contributed by atoms with van der Waals surface area (Å²) < 4.78 is 25.8. The van der Waals surface area contributed by atoms with Gasteiger partial charge in [-0.15, -0.1) is 0 Å². The Balaban J connectivity index is 2.10. The van der Waals surface area contributed by atoms with Crippen LogP contribution in [0.4, 0.5) is 5.69 Å². The number of rotatable bonds is 7. The first kappa shape index (κ1) is 19.0. The van der Waals surface area contributed by atoms with Gasteiger partial charge in [-0.3, -0.25) is 9.10 Å². The molecular weight excluding hydrogens is 336 g/mol. The molecule has 0 aliphatic heterocycles. The van der Waals surface area contributed by atoms with Crippen molar-refractivity contribution >= 4 is 21.6 Å². The average molecular weight is 360 g/mol. The van der Waals surface area contributed by atoms with Gasteiger partial charge in [0, 0.05) is 12.1 Å². The Morgan fingerprint density at radius 3 is 2.48 bits per heavy atom. The van der Waals surface area contributed by atoms with E-state index in [0.717, 1.165) is 17.5 Å². The van der Waals surface area contributed by atoms with Crippen LogP contribution >= 0.6 is 0 Å². The molecule has 0 saturated heterocycles. The lowest BCUT2D eigenvalue weighted by molar-refractivity contribution is 0.0954. The van der Waals surface area contributed by atoms with Crippen molar-refractivity contribution in [3.63, 3.8) is 0 Å². The molecule has 0 heterocycles. The van der Waals surface area contributed by atoms with E-state index < -0.39 is 10.0 Å². The molecule has 2 aromatic carbocycles. The third-order valence-electron chi connectivity index (χ3n) is 3.92. The molecule has 0 saturated carbocycles. The number of anilines is 1. The smallest absolute Gasteiger partial charge is 0.251 e. The maximum Gasteiger partial charge on any atom is 0.251 e. The van der Waals surface area contributed by atoms with Gasteiger partial charge >= 0.3 is 0 Å². The lowest BCUT2D eigenvalue weighted by atomic mass is 10.1. The summed E-state index contributed by atoms with van der Waals surface area (Å²) in [7, 11) is -3.44. The molecular formula is C19H24N2O3S. The zero-order chi connectivity index (χ0) is 18.4. The standard InChI is InChI=1S/C19H24N2O3S/c1-4-16-9-5-6-11-18(16)21(25(3,23)24)13-12-20-19(22)17-10-7-8-15(2)14-17/h5-11,14H,4,12-13H2,1-3H3,(H,20,22). The van der Waals surface area contributed by atoms with Gasteiger partial charge in [-0.2, -0.15) is 0 Å². The Bertz CT molecular complexity index is 847. The largest absolute Gasteiger partial charge is 0.350 e. The van der Waals surface area contributed by atoms with E-state index in [-0.39, 0.29) is 19.0 Å². The number of nitrogens with one attached hydrogen (secondary N) is 1. The highest BCUT2D eigenvalue weighted by Crippen LogP contribution is 2.22. The van der Waals surface area contributed by atoms with Gasteiger partial charge in [-0.25, -0.2) is 8.42 Å². The molecule has 25 heavy (non-hydrogen) atoms. The molecule has 2 rings (SSSR count). The van der Waals surface area contributed by atoms with Crippen LogP contribution in [-0.2, 0) is 16.4 Å². The number of sulfonamides is 1. The summed E-state index contributed by atoms with van der Waals surface area (Å²) >= 11 is 0. The van der Waals surface area contributed by atoms with Gasteiger partial charge in [-0.1, -0.05) is 42.8 Å². The second-order valence-corrected chi connectivity index (χ2v) is 7.85. The van der Waals surface area contributed by atoms with Gasteiger partial charge in [-0.05, 0) is 37.1 Å². The van der Waals surface area contributed by atoms with E-state index in [9.17, 15) is 13.2 Å². The Labute approximate surface area is 149 Å². The molecule has 0 atom stereocenters. The summed E-state index contributed by atoms with van der Waals surface area (Å²) in [4.78, 5) is 12.2. The van der Waals surface area contributed by atoms with Gasteiger partial charge in [0.25, 0.3) is 5.91 Å². The summed E-state index contributed by atoms with van der Waals surface area (Å²) in [5.41, 5.74) is 3.19. The van der Waals surface area contributed by atoms with Crippen LogP contribution in [0, 0.1) is 6.92 Å². The van der Waals surface area contributed by atoms with Crippen LogP contribution < -0.4 is 9.62 Å². The van der Waals surface area contributed by atoms with Crippen LogP contribution in [0.3, 0.4) is 0 Å². The minimum absolute atomic E-state index is 0.188. The van der Waals surface area contributed by atoms with Crippen molar-refractivity contribution in [3.05, 3.63) is 65.2 Å². The monoisotopic (exact) mass is 360 g/mol. The molecule has 1 N–H and O–H groups in total. The highest BCUT2D eigenvalue weighted by atomic mass is 32.2. The number of benzene rings is 2. The zero-order valence-corrected chi connectivity index (χ0v) is 15.6. The quantitative estimate of drug-likeness (QED) is 0.826. The molecule has 134 valence electrons. The number of carbonyl (C=O) groups excluding carboxylic acids is 1. The fourth-order valence-corrected chi connectivity index (χ4v) is 3.64. The van der Waals surface area contributed by atoms with Crippen LogP contribution in [-0.4, -0.2) is 33.7 Å². The van der Waals surface area contributed by atoms with Gasteiger partial charge < -0.3 is 5.32 Å². The molecule has 0 radical (unpaired) electrons. The normalized spacial score (nSPS) is 11.2. The van der Waals surface area contributed by atoms with Crippen LogP contribution in [0.5, 0.6) is 0 Å². The molecule has 6 heteroatoms. The summed E-state index contributed by atoms with van der Waals surface area (Å²) in [6, 6.07) is 14.7. The zero-order valence-electron chi connectivity index (χ0n) is 14.8. The molecule has 1 amide bonds. The number of hydrogen-bond acceptors (Lipinski definition) is 3. The van der Waals surface area contributed by atoms with E-state index >= 15 is 0 Å². The van der Waals surface area contributed by atoms with Crippen LogP contribution in [0.15, 0.2) is 48.5 Å². The van der Waals surface area contributed by atoms with E-state index in [1.54, 1.807) is 18.2 Å². The van der Waals surface area contributed by atoms with E-state index in [1.165, 1.54) is 10.6 Å². The van der Waals surface area contributed by atoms with Crippen molar-refractivity contribution < 1.29 is 13.2 Å². The SMILES string of the molecule is CCc1ccccc1N(CCNC(=O)c1cccc(C)c1)S(C)(=O)=O. The number of hydrogen-bond donors (Lipinski definition) is 1. The summed E-state index contributed by atoms with van der Waals surface area (Å²) in [6.45, 7) is 4.33. The van der Waals surface area contributed by atoms with Crippen molar-refractivity contribution in [1.29, 1.82) is 0 Å². The summed E-state index contributed by atoms with van der Waals surface area (Å²) in [5.74, 6) is -0.207. The van der Waals surface area contributed by atoms with Crippen LogP contribution in [0.2, 0.25) is 0 Å². The van der Waals surface area contributed by atoms with Crippen molar-refractivity contribution in [2.45, 2.75) is 20.3 Å². The number of carbonyl (C=O) groups is 1. The van der Waals surface area contributed by atoms with Crippen molar-refractivity contribution in [1.82, 2.24) is 5.32 Å². The second kappa shape index (κ2) is 8.16. The van der Waals surface area contributed by atoms with Crippen molar-refractivity contribution in [2.24, 2.45) is 0 Å². The molecule has 2 aromatic rings. The first-order chi connectivity index (χ1) is 11.8. The fraction of sp³-hybridized carbons (Fsp3) is 0.316. The van der Waals surface area contributed by atoms with Crippen molar-refractivity contribution in [3.8, 4) is 0 Å². The Morgan fingerprint density at radius 1 is 1.12 bits per heavy atom. The molecule has 0 aliphatic carbocycles. The van der Waals surface area contributed by atoms with Crippen LogP contribution in [0.25, 0.3) is 0 Å². The molecule has 0 aliphatic rings. The van der Waals surface area contributed by atoms with E-state index in [0.29, 0.717) is 11.3 Å². The average Bonchev–Trinajstić information content (AvgIpc) is 2.57. The van der Waals surface area contributed by atoms with Gasteiger partial charge in [0.1, 0.15) is 0 Å². The summed E-state index contributed by atoms with van der Waals surface area (Å²) in [6.07, 6.45) is 1.92. The number of para-hydroxylation sites is 1. The predicted molar refractivity (Wildman–Crippen MR) is 102 cm³/mol. The highest BCUT2D eigenvalue weighted by molar-refractivity contribution is 7.92. The van der Waals surface area contributed by atoms with Crippen molar-refractivity contribution in [2.75, 3.05) is 23.7 Å². The molecule has 0 aromatic heterocycles. The third kappa shape index (κ3) is 5.06. The minimum atomic E-state index is -3.44. The third-order valence-corrected chi connectivity index (χ3v) is 5.10. The predicted octanol–water partition coefficient (Wildman–Crippen LogP) is 2.75. The maximum absolute atomic E-state index is 12.2. The molecule has 0 unspecified atom stereocenters. The van der Waals surface area contributed by atoms with Gasteiger partial charge in [0.15, 0.2) is 0 Å². The second-order valence-electron chi connectivity index (χ2n) is 5.94. The molecule has 5 nitrogen and oxygen atoms in total. The first-order valence-corrected chi connectivity index (χ1v) is 10.1. The molecule has 0 bridgehead atoms. The summed E-state index contributed by atoms with van der Waals surface area (Å²) in [5, 5.41) is 2.79. The molecule has 0 spiro atoms. The van der Waals surface area contributed by atoms with E-state index in [1.807, 2.05) is 44.2 Å². The van der Waals surface area contributed by atoms with Gasteiger partial charge in [0.05, 0.1) is 18.5 Å². The Kier molecular flexibility index (Phi) is 6.20. The maximum atomic E-state index is 12.2.